The van der Waals surface area contributed by atoms with E-state index in [4.69, 9.17) is 40.5 Å². The highest BCUT2D eigenvalue weighted by Gasteiger charge is 2.26. The van der Waals surface area contributed by atoms with E-state index in [9.17, 15) is 0 Å². The van der Waals surface area contributed by atoms with Gasteiger partial charge in [-0.1, -0.05) is 66.9 Å². The Morgan fingerprint density at radius 3 is 2.19 bits per heavy atom. The minimum absolute atomic E-state index is 0.0832. The Hall–Kier alpha value is -0.100. The molecule has 0 aliphatic rings. The lowest BCUT2D eigenvalue weighted by atomic mass is 9.98. The zero-order chi connectivity index (χ0) is 12.6. The lowest BCUT2D eigenvalue weighted by molar-refractivity contribution is 0.578. The molecule has 0 amide bonds. The van der Waals surface area contributed by atoms with E-state index >= 15 is 0 Å². The van der Waals surface area contributed by atoms with Gasteiger partial charge in [0.05, 0.1) is 0 Å². The molecule has 90 valence electrons. The molecule has 0 bridgehead atoms. The largest absolute Gasteiger partial charge is 0.383 e. The smallest absolute Gasteiger partial charge is 0.247 e. The van der Waals surface area contributed by atoms with Crippen molar-refractivity contribution in [1.29, 1.82) is 0 Å². The molecule has 16 heavy (non-hydrogen) atoms. The van der Waals surface area contributed by atoms with E-state index in [-0.39, 0.29) is 11.3 Å². The Kier molecular flexibility index (Phi) is 4.05. The van der Waals surface area contributed by atoms with E-state index in [0.29, 0.717) is 5.13 Å². The topological polar surface area (TPSA) is 64.2 Å². The van der Waals surface area contributed by atoms with Crippen molar-refractivity contribution < 1.29 is 0 Å². The van der Waals surface area contributed by atoms with Gasteiger partial charge in [0, 0.05) is 5.41 Å². The van der Waals surface area contributed by atoms with Gasteiger partial charge in [-0.15, -0.1) is 10.2 Å². The van der Waals surface area contributed by atoms with E-state index in [0.717, 1.165) is 5.01 Å². The molecule has 0 atom stereocenters. The van der Waals surface area contributed by atoms with Gasteiger partial charge in [-0.3, -0.25) is 0 Å². The molecule has 1 aromatic heterocycles. The highest BCUT2D eigenvalue weighted by molar-refractivity contribution is 7.15. The predicted octanol–water partition coefficient (Wildman–Crippen LogP) is 3.19. The fourth-order valence-electron chi connectivity index (χ4n) is 0.730. The molecule has 0 aliphatic heterocycles. The molecule has 4 nitrogen and oxygen atoms in total. The number of alkyl halides is 3. The molecular formula is C8H11Cl3N4S. The van der Waals surface area contributed by atoms with Crippen LogP contribution in [-0.4, -0.2) is 19.8 Å². The van der Waals surface area contributed by atoms with Crippen LogP contribution in [0.4, 0.5) is 5.13 Å². The predicted molar refractivity (Wildman–Crippen MR) is 70.2 cm³/mol. The summed E-state index contributed by atoms with van der Waals surface area (Å²) in [6, 6.07) is 0. The van der Waals surface area contributed by atoms with Gasteiger partial charge in [-0.2, -0.15) is 0 Å². The molecule has 8 heteroatoms. The van der Waals surface area contributed by atoms with Crippen LogP contribution in [0.3, 0.4) is 0 Å². The van der Waals surface area contributed by atoms with E-state index < -0.39 is 3.79 Å². The zero-order valence-electron chi connectivity index (χ0n) is 8.96. The van der Waals surface area contributed by atoms with Crippen LogP contribution < -0.4 is 5.73 Å². The Balaban J connectivity index is 2.97. The van der Waals surface area contributed by atoms with Crippen LogP contribution in [-0.2, 0) is 5.41 Å². The van der Waals surface area contributed by atoms with Gasteiger partial charge in [0.15, 0.2) is 5.84 Å². The second-order valence-corrected chi connectivity index (χ2v) is 7.37. The summed E-state index contributed by atoms with van der Waals surface area (Å²) in [6.45, 7) is 6.08. The minimum Gasteiger partial charge on any atom is -0.383 e. The lowest BCUT2D eigenvalue weighted by Gasteiger charge is -2.12. The van der Waals surface area contributed by atoms with Crippen molar-refractivity contribution in [2.24, 2.45) is 10.7 Å². The van der Waals surface area contributed by atoms with Gasteiger partial charge in [0.2, 0.25) is 8.92 Å². The summed E-state index contributed by atoms with van der Waals surface area (Å²) >= 11 is 18.0. The Labute approximate surface area is 113 Å². The number of amidine groups is 1. The molecule has 1 aromatic rings. The first-order chi connectivity index (χ1) is 7.10. The third-order valence-corrected chi connectivity index (χ3v) is 3.39. The maximum atomic E-state index is 5.56. The van der Waals surface area contributed by atoms with E-state index in [1.165, 1.54) is 11.3 Å². The molecule has 0 radical (unpaired) electrons. The van der Waals surface area contributed by atoms with Gasteiger partial charge in [0.1, 0.15) is 5.01 Å². The SMILES string of the molecule is CC(C)(C)c1nnc(/N=C(\N)C(Cl)(Cl)Cl)s1. The number of hydrogen-bond acceptors (Lipinski definition) is 4. The van der Waals surface area contributed by atoms with Crippen LogP contribution in [0, 0.1) is 0 Å². The first-order valence-electron chi connectivity index (χ1n) is 4.36. The highest BCUT2D eigenvalue weighted by Crippen LogP contribution is 2.31. The third kappa shape index (κ3) is 3.73. The van der Waals surface area contributed by atoms with Crippen LogP contribution in [0.25, 0.3) is 0 Å². The fraction of sp³-hybridized carbons (Fsp3) is 0.625. The van der Waals surface area contributed by atoms with Crippen LogP contribution in [0.2, 0.25) is 0 Å². The molecule has 0 aliphatic carbocycles. The number of halogens is 3. The Morgan fingerprint density at radius 2 is 1.81 bits per heavy atom. The number of nitrogens with two attached hydrogens (primary N) is 1. The van der Waals surface area contributed by atoms with E-state index in [1.54, 1.807) is 0 Å². The van der Waals surface area contributed by atoms with Crippen molar-refractivity contribution in [2.45, 2.75) is 30.0 Å². The van der Waals surface area contributed by atoms with Crippen molar-refractivity contribution in [1.82, 2.24) is 10.2 Å². The molecule has 0 saturated carbocycles. The maximum absolute atomic E-state index is 5.56. The maximum Gasteiger partial charge on any atom is 0.247 e. The van der Waals surface area contributed by atoms with Crippen LogP contribution >= 0.6 is 46.1 Å². The fourth-order valence-corrected chi connectivity index (χ4v) is 1.64. The van der Waals surface area contributed by atoms with Crippen molar-refractivity contribution >= 4 is 57.1 Å². The van der Waals surface area contributed by atoms with Crippen molar-refractivity contribution in [3.8, 4) is 0 Å². The number of rotatable bonds is 1. The van der Waals surface area contributed by atoms with Gasteiger partial charge in [0.25, 0.3) is 0 Å². The summed E-state index contributed by atoms with van der Waals surface area (Å²) < 4.78 is -1.71. The lowest BCUT2D eigenvalue weighted by Crippen LogP contribution is -2.27. The first-order valence-corrected chi connectivity index (χ1v) is 6.31. The second kappa shape index (κ2) is 4.64. The summed E-state index contributed by atoms with van der Waals surface area (Å²) in [7, 11) is 0. The number of nitrogens with zero attached hydrogens (tertiary/aromatic N) is 3. The highest BCUT2D eigenvalue weighted by atomic mass is 35.6. The van der Waals surface area contributed by atoms with Crippen molar-refractivity contribution in [3.05, 3.63) is 5.01 Å². The number of hydrogen-bond donors (Lipinski definition) is 1. The first kappa shape index (κ1) is 14.0. The third-order valence-electron chi connectivity index (χ3n) is 1.56. The number of aromatic nitrogens is 2. The van der Waals surface area contributed by atoms with Gasteiger partial charge in [-0.25, -0.2) is 4.99 Å². The standard InChI is InChI=1S/C8H11Cl3N4S/c1-7(2,3)5-14-15-6(16-5)13-4(12)8(9,10)11/h1-3H3,(H2,12,13,15). The van der Waals surface area contributed by atoms with Crippen LogP contribution in [0.15, 0.2) is 4.99 Å². The summed E-state index contributed by atoms with van der Waals surface area (Å²) in [5.74, 6) is -0.117. The minimum atomic E-state index is -1.71. The summed E-state index contributed by atoms with van der Waals surface area (Å²) in [5, 5.41) is 9.09. The van der Waals surface area contributed by atoms with E-state index in [2.05, 4.69) is 15.2 Å². The monoisotopic (exact) mass is 300 g/mol. The second-order valence-electron chi connectivity index (χ2n) is 4.13. The van der Waals surface area contributed by atoms with Crippen molar-refractivity contribution in [2.75, 3.05) is 0 Å². The molecule has 0 saturated heterocycles. The summed E-state index contributed by atoms with van der Waals surface area (Å²) in [5.41, 5.74) is 5.41. The molecule has 2 N–H and O–H groups in total. The molecule has 1 rings (SSSR count). The quantitative estimate of drug-likeness (QED) is 0.492. The molecule has 1 heterocycles. The molecule has 0 unspecified atom stereocenters. The zero-order valence-corrected chi connectivity index (χ0v) is 12.0. The van der Waals surface area contributed by atoms with Crippen molar-refractivity contribution in [3.63, 3.8) is 0 Å². The molecule has 0 fully saturated rings. The van der Waals surface area contributed by atoms with Gasteiger partial charge < -0.3 is 5.73 Å². The average molecular weight is 302 g/mol. The van der Waals surface area contributed by atoms with Gasteiger partial charge >= 0.3 is 0 Å². The average Bonchev–Trinajstić information content (AvgIpc) is 2.49. The normalized spacial score (nSPS) is 14.2. The molecule has 0 spiro atoms. The van der Waals surface area contributed by atoms with E-state index in [1.807, 2.05) is 20.8 Å². The Bertz CT molecular complexity index is 402. The number of aliphatic imine (C=N–C) groups is 1. The molecular weight excluding hydrogens is 291 g/mol. The Morgan fingerprint density at radius 1 is 1.25 bits per heavy atom. The van der Waals surface area contributed by atoms with Crippen LogP contribution in [0.1, 0.15) is 25.8 Å². The summed E-state index contributed by atoms with van der Waals surface area (Å²) in [6.07, 6.45) is 0. The molecule has 0 aromatic carbocycles. The van der Waals surface area contributed by atoms with Gasteiger partial charge in [-0.05, 0) is 0 Å². The van der Waals surface area contributed by atoms with Crippen LogP contribution in [0.5, 0.6) is 0 Å². The summed E-state index contributed by atoms with van der Waals surface area (Å²) in [4.78, 5) is 3.91.